The molecule has 13 rings (SSSR count). The molecular weight excluding hydrogens is 833 g/mol. The van der Waals surface area contributed by atoms with E-state index in [-0.39, 0.29) is 0 Å². The Hall–Kier alpha value is -9.40. The van der Waals surface area contributed by atoms with Crippen LogP contribution < -0.4 is 0 Å². The van der Waals surface area contributed by atoms with Crippen LogP contribution in [0.5, 0.6) is 0 Å². The van der Waals surface area contributed by atoms with Crippen LogP contribution in [0.3, 0.4) is 0 Å². The van der Waals surface area contributed by atoms with Crippen LogP contribution in [0.1, 0.15) is 0 Å². The molecule has 0 aliphatic carbocycles. The van der Waals surface area contributed by atoms with Gasteiger partial charge in [0.2, 0.25) is 0 Å². The van der Waals surface area contributed by atoms with Crippen LogP contribution in [0.15, 0.2) is 231 Å². The molecule has 0 unspecified atom stereocenters. The van der Waals surface area contributed by atoms with E-state index in [9.17, 15) is 0 Å². The predicted octanol–water partition coefficient (Wildman–Crippen LogP) is 14.3. The molecule has 8 nitrogen and oxygen atoms in total. The Morgan fingerprint density at radius 3 is 1.18 bits per heavy atom. The summed E-state index contributed by atoms with van der Waals surface area (Å²) in [4.78, 5) is 31.6. The van der Waals surface area contributed by atoms with Gasteiger partial charge in [-0.25, -0.2) is 29.9 Å². The molecule has 0 saturated heterocycles. The van der Waals surface area contributed by atoms with Gasteiger partial charge in [0.1, 0.15) is 0 Å². The number of nitrogens with zero attached hydrogens (tertiary/aromatic N) is 8. The zero-order chi connectivity index (χ0) is 45.0. The van der Waals surface area contributed by atoms with E-state index in [0.29, 0.717) is 34.9 Å². The standard InChI is InChI=1S/C60H38N8/c1-5-20-39(21-6-1)55-61-56(40-22-7-2-8-23-40)65-60(64-55)48-38-42(36-37-52(48)68-49-32-16-13-28-44(49)45-29-14-17-33-50(45)68)58-62-57(41-24-9-3-10-25-41)63-59(66-58)47-31-19-35-53-54(47)46-30-15-18-34-51(46)67(53)43-26-11-4-12-27-43/h1-38H. The van der Waals surface area contributed by atoms with Crippen LogP contribution in [0.4, 0.5) is 0 Å². The third kappa shape index (κ3) is 6.62. The van der Waals surface area contributed by atoms with Crippen LogP contribution in [-0.2, 0) is 0 Å². The SMILES string of the molecule is c1ccc(-c2nc(-c3ccccc3)nc(-c3cc(-c4nc(-c5ccccc5)nc(-c5cccc6c5c5ccccc5n6-c5ccccc5)n4)ccc3-n3c4ccccc4c4ccccc43)n2)cc1. The Bertz CT molecular complexity index is 3900. The van der Waals surface area contributed by atoms with Gasteiger partial charge in [-0.1, -0.05) is 176 Å². The lowest BCUT2D eigenvalue weighted by molar-refractivity contribution is 1.06. The van der Waals surface area contributed by atoms with E-state index >= 15 is 0 Å². The Kier molecular flexibility index (Phi) is 9.31. The molecule has 4 aromatic heterocycles. The van der Waals surface area contributed by atoms with Crippen LogP contribution >= 0.6 is 0 Å². The summed E-state index contributed by atoms with van der Waals surface area (Å²) in [6.45, 7) is 0. The molecule has 318 valence electrons. The fourth-order valence-electron chi connectivity index (χ4n) is 9.56. The molecule has 0 N–H and O–H groups in total. The first-order valence-corrected chi connectivity index (χ1v) is 22.6. The van der Waals surface area contributed by atoms with Crippen molar-refractivity contribution in [2.75, 3.05) is 0 Å². The van der Waals surface area contributed by atoms with Gasteiger partial charge in [-0.2, -0.15) is 0 Å². The molecule has 0 radical (unpaired) electrons. The highest BCUT2D eigenvalue weighted by atomic mass is 15.1. The molecule has 0 bridgehead atoms. The lowest BCUT2D eigenvalue weighted by Gasteiger charge is -2.16. The van der Waals surface area contributed by atoms with Crippen molar-refractivity contribution in [3.05, 3.63) is 231 Å². The second kappa shape index (κ2) is 16.2. The molecule has 0 amide bonds. The highest BCUT2D eigenvalue weighted by Crippen LogP contribution is 2.41. The minimum absolute atomic E-state index is 0.521. The van der Waals surface area contributed by atoms with Gasteiger partial charge >= 0.3 is 0 Å². The number of fused-ring (bicyclic) bond motifs is 6. The Labute approximate surface area is 391 Å². The van der Waals surface area contributed by atoms with Crippen molar-refractivity contribution in [1.29, 1.82) is 0 Å². The second-order valence-electron chi connectivity index (χ2n) is 16.7. The van der Waals surface area contributed by atoms with Gasteiger partial charge in [0.15, 0.2) is 34.9 Å². The van der Waals surface area contributed by atoms with Gasteiger partial charge in [-0.05, 0) is 54.6 Å². The van der Waals surface area contributed by atoms with Crippen molar-refractivity contribution in [1.82, 2.24) is 39.0 Å². The lowest BCUT2D eigenvalue weighted by Crippen LogP contribution is -2.05. The van der Waals surface area contributed by atoms with Crippen LogP contribution in [-0.4, -0.2) is 39.0 Å². The summed E-state index contributed by atoms with van der Waals surface area (Å²) < 4.78 is 4.63. The highest BCUT2D eigenvalue weighted by Gasteiger charge is 2.23. The maximum absolute atomic E-state index is 5.40. The summed E-state index contributed by atoms with van der Waals surface area (Å²) in [5.41, 5.74) is 11.4. The van der Waals surface area contributed by atoms with Crippen molar-refractivity contribution >= 4 is 43.6 Å². The van der Waals surface area contributed by atoms with Gasteiger partial charge in [0.05, 0.1) is 27.8 Å². The first-order valence-electron chi connectivity index (χ1n) is 22.6. The molecule has 8 heteroatoms. The van der Waals surface area contributed by atoms with Crippen molar-refractivity contribution in [3.8, 4) is 79.7 Å². The van der Waals surface area contributed by atoms with Gasteiger partial charge < -0.3 is 9.13 Å². The van der Waals surface area contributed by atoms with Gasteiger partial charge in [0, 0.05) is 60.6 Å². The molecule has 0 atom stereocenters. The van der Waals surface area contributed by atoms with E-state index in [1.807, 2.05) is 97.1 Å². The zero-order valence-electron chi connectivity index (χ0n) is 36.5. The van der Waals surface area contributed by atoms with Gasteiger partial charge in [-0.15, -0.1) is 0 Å². The van der Waals surface area contributed by atoms with Crippen molar-refractivity contribution in [3.63, 3.8) is 0 Å². The molecule has 13 aromatic rings. The van der Waals surface area contributed by atoms with Crippen molar-refractivity contribution in [2.45, 2.75) is 0 Å². The number of aromatic nitrogens is 8. The number of para-hydroxylation sites is 4. The normalized spacial score (nSPS) is 11.5. The number of hydrogen-bond acceptors (Lipinski definition) is 6. The third-order valence-electron chi connectivity index (χ3n) is 12.6. The first kappa shape index (κ1) is 39.0. The predicted molar refractivity (Wildman–Crippen MR) is 275 cm³/mol. The van der Waals surface area contributed by atoms with E-state index in [2.05, 4.69) is 143 Å². The van der Waals surface area contributed by atoms with Crippen molar-refractivity contribution in [2.24, 2.45) is 0 Å². The molecule has 0 aliphatic rings. The molecule has 4 heterocycles. The van der Waals surface area contributed by atoms with E-state index in [4.69, 9.17) is 29.9 Å². The first-order chi connectivity index (χ1) is 33.7. The Balaban J connectivity index is 1.09. The van der Waals surface area contributed by atoms with E-state index in [0.717, 1.165) is 88.4 Å². The average Bonchev–Trinajstić information content (AvgIpc) is 3.94. The fourth-order valence-corrected chi connectivity index (χ4v) is 9.56. The Morgan fingerprint density at radius 1 is 0.250 bits per heavy atom. The minimum Gasteiger partial charge on any atom is -0.309 e. The maximum Gasteiger partial charge on any atom is 0.166 e. The van der Waals surface area contributed by atoms with Crippen LogP contribution in [0, 0.1) is 0 Å². The summed E-state index contributed by atoms with van der Waals surface area (Å²) in [5.74, 6) is 3.33. The van der Waals surface area contributed by atoms with E-state index in [1.165, 1.54) is 0 Å². The Morgan fingerprint density at radius 2 is 0.647 bits per heavy atom. The van der Waals surface area contributed by atoms with Crippen LogP contribution in [0.2, 0.25) is 0 Å². The largest absolute Gasteiger partial charge is 0.309 e. The lowest BCUT2D eigenvalue weighted by atomic mass is 10.0. The van der Waals surface area contributed by atoms with E-state index in [1.54, 1.807) is 0 Å². The molecular formula is C60H38N8. The molecule has 68 heavy (non-hydrogen) atoms. The van der Waals surface area contributed by atoms with Crippen molar-refractivity contribution < 1.29 is 0 Å². The van der Waals surface area contributed by atoms with Crippen LogP contribution in [0.25, 0.3) is 123 Å². The maximum atomic E-state index is 5.40. The number of rotatable bonds is 8. The second-order valence-corrected chi connectivity index (χ2v) is 16.7. The third-order valence-corrected chi connectivity index (χ3v) is 12.6. The number of hydrogen-bond donors (Lipinski definition) is 0. The molecule has 0 fully saturated rings. The zero-order valence-corrected chi connectivity index (χ0v) is 36.5. The fraction of sp³-hybridized carbons (Fsp3) is 0. The van der Waals surface area contributed by atoms with Gasteiger partial charge in [-0.3, -0.25) is 0 Å². The summed E-state index contributed by atoms with van der Waals surface area (Å²) >= 11 is 0. The number of benzene rings is 9. The summed E-state index contributed by atoms with van der Waals surface area (Å²) in [5, 5.41) is 4.49. The van der Waals surface area contributed by atoms with Gasteiger partial charge in [0.25, 0.3) is 0 Å². The summed E-state index contributed by atoms with van der Waals surface area (Å²) in [6, 6.07) is 79.2. The highest BCUT2D eigenvalue weighted by molar-refractivity contribution is 6.15. The average molecular weight is 871 g/mol. The summed E-state index contributed by atoms with van der Waals surface area (Å²) in [6.07, 6.45) is 0. The quantitative estimate of drug-likeness (QED) is 0.151. The molecule has 9 aromatic carbocycles. The molecule has 0 saturated carbocycles. The summed E-state index contributed by atoms with van der Waals surface area (Å²) in [7, 11) is 0. The molecule has 0 spiro atoms. The monoisotopic (exact) mass is 870 g/mol. The smallest absolute Gasteiger partial charge is 0.166 e. The molecule has 0 aliphatic heterocycles. The topological polar surface area (TPSA) is 87.2 Å². The minimum atomic E-state index is 0.521. The van der Waals surface area contributed by atoms with E-state index < -0.39 is 0 Å².